The predicted molar refractivity (Wildman–Crippen MR) is 276 cm³/mol. The van der Waals surface area contributed by atoms with E-state index in [9.17, 15) is 0 Å². The van der Waals surface area contributed by atoms with Crippen molar-refractivity contribution in [2.24, 2.45) is 21.1 Å². The molecule has 0 radical (unpaired) electrons. The van der Waals surface area contributed by atoms with E-state index < -0.39 is 0 Å². The Balaban J connectivity index is 0.893. The normalized spacial score (nSPS) is 15.3. The van der Waals surface area contributed by atoms with Gasteiger partial charge in [-0.1, -0.05) is 109 Å². The van der Waals surface area contributed by atoms with Crippen LogP contribution in [-0.2, 0) is 21.1 Å². The number of hydrogen-bond acceptors (Lipinski definition) is 8. The largest absolute Gasteiger partial charge is 0.333 e. The van der Waals surface area contributed by atoms with Gasteiger partial charge in [0.25, 0.3) is 0 Å². The molecule has 2 atom stereocenters. The maximum Gasteiger partial charge on any atom is 0.137 e. The molecule has 0 saturated heterocycles. The van der Waals surface area contributed by atoms with Gasteiger partial charge in [-0.05, 0) is 95.6 Å². The smallest absolute Gasteiger partial charge is 0.137 e. The highest BCUT2D eigenvalue weighted by molar-refractivity contribution is 6.11. The van der Waals surface area contributed by atoms with Gasteiger partial charge in [0.05, 0.1) is 34.1 Å². The topological polar surface area (TPSA) is 104 Å². The molecule has 4 aromatic heterocycles. The van der Waals surface area contributed by atoms with Crippen LogP contribution in [0.25, 0.3) is 82.8 Å². The number of hydrogen-bond donors (Lipinski definition) is 0. The predicted octanol–water partition coefficient (Wildman–Crippen LogP) is 12.2. The third-order valence-corrected chi connectivity index (χ3v) is 13.9. The maximum absolute atomic E-state index is 5.08. The van der Waals surface area contributed by atoms with Crippen LogP contribution in [0.5, 0.6) is 0 Å². The Morgan fingerprint density at radius 3 is 1.59 bits per heavy atom. The van der Waals surface area contributed by atoms with E-state index >= 15 is 0 Å². The molecule has 1 aliphatic heterocycles. The molecule has 69 heavy (non-hydrogen) atoms. The summed E-state index contributed by atoms with van der Waals surface area (Å²) < 4.78 is 2.34. The van der Waals surface area contributed by atoms with Crippen molar-refractivity contribution < 1.29 is 0 Å². The minimum atomic E-state index is 0.224. The Hall–Kier alpha value is -9.16. The highest BCUT2D eigenvalue weighted by atomic mass is 15.5. The summed E-state index contributed by atoms with van der Waals surface area (Å²) in [5.74, 6) is 0.317. The summed E-state index contributed by atoms with van der Waals surface area (Å²) in [6, 6.07) is 58.4. The fourth-order valence-corrected chi connectivity index (χ4v) is 11.0. The van der Waals surface area contributed by atoms with E-state index in [2.05, 4.69) is 190 Å². The minimum absolute atomic E-state index is 0.224. The lowest BCUT2D eigenvalue weighted by Gasteiger charge is -2.29. The summed E-state index contributed by atoms with van der Waals surface area (Å²) in [4.78, 5) is 9.57. The lowest BCUT2D eigenvalue weighted by Crippen LogP contribution is -2.28. The molecule has 330 valence electrons. The average Bonchev–Trinajstić information content (AvgIpc) is 4.21. The molecule has 0 N–H and O–H groups in total. The highest BCUT2D eigenvalue weighted by Gasteiger charge is 2.37. The standard InChI is InChI=1S/C57H42N12/c1-64-58-45-17-12-22-50(55(45)61-64)69(51-33-31-39(53-56(51)62-65(2)59-53)35-23-27-37(28-24-35)67-46-18-8-4-13-41(46)42-14-5-9-19-47(42)67)52-34-32-40(54-57(52)63-66(3)60-54)36-25-29-38(30-26-36)68-48-20-10-6-15-43(48)44-16-7-11-21-49(44)68/h4-34,41,46H,1-3H3. The van der Waals surface area contributed by atoms with E-state index in [0.29, 0.717) is 5.92 Å². The van der Waals surface area contributed by atoms with E-state index in [1.54, 1.807) is 14.4 Å². The Kier molecular flexibility index (Phi) is 8.45. The molecule has 0 spiro atoms. The van der Waals surface area contributed by atoms with Gasteiger partial charge in [0.15, 0.2) is 0 Å². The van der Waals surface area contributed by atoms with Gasteiger partial charge in [-0.2, -0.15) is 45.0 Å². The van der Waals surface area contributed by atoms with Gasteiger partial charge in [0, 0.05) is 66.0 Å². The summed E-state index contributed by atoms with van der Waals surface area (Å²) in [7, 11) is 5.60. The lowest BCUT2D eigenvalue weighted by atomic mass is 9.91. The van der Waals surface area contributed by atoms with Crippen molar-refractivity contribution in [1.82, 2.24) is 49.5 Å². The third kappa shape index (κ3) is 5.94. The number of benzene rings is 8. The van der Waals surface area contributed by atoms with E-state index in [-0.39, 0.29) is 6.04 Å². The molecule has 12 nitrogen and oxygen atoms in total. The van der Waals surface area contributed by atoms with Crippen LogP contribution in [0.4, 0.5) is 28.4 Å². The molecule has 8 aromatic carbocycles. The van der Waals surface area contributed by atoms with Crippen LogP contribution in [0.15, 0.2) is 188 Å². The van der Waals surface area contributed by atoms with Crippen molar-refractivity contribution >= 4 is 83.3 Å². The molecule has 2 unspecified atom stereocenters. The Morgan fingerprint density at radius 1 is 0.420 bits per heavy atom. The van der Waals surface area contributed by atoms with Crippen molar-refractivity contribution in [3.63, 3.8) is 0 Å². The second kappa shape index (κ2) is 14.9. The SMILES string of the molecule is Cn1nc2cccc(N(c3ccc(-c4ccc(N5c6ccccc6C6C=CC=CC65)cc4)c4nn(C)nc34)c3ccc(-c4ccc(-n5c6ccccc6c6ccccc65)cc4)c4nn(C)nc34)c2n1. The lowest BCUT2D eigenvalue weighted by molar-refractivity contribution is 0.665. The zero-order chi connectivity index (χ0) is 45.9. The van der Waals surface area contributed by atoms with Gasteiger partial charge in [-0.25, -0.2) is 0 Å². The molecular weight excluding hydrogens is 853 g/mol. The fourth-order valence-electron chi connectivity index (χ4n) is 11.0. The quantitative estimate of drug-likeness (QED) is 0.156. The van der Waals surface area contributed by atoms with Crippen LogP contribution < -0.4 is 9.80 Å². The molecule has 0 bridgehead atoms. The van der Waals surface area contributed by atoms with Crippen molar-refractivity contribution in [2.45, 2.75) is 12.0 Å². The van der Waals surface area contributed by atoms with E-state index in [0.717, 1.165) is 83.8 Å². The number of anilines is 5. The number of rotatable bonds is 7. The van der Waals surface area contributed by atoms with Crippen molar-refractivity contribution in [3.8, 4) is 27.9 Å². The van der Waals surface area contributed by atoms with E-state index in [4.69, 9.17) is 30.6 Å². The number of allylic oxidation sites excluding steroid dienone is 2. The maximum atomic E-state index is 5.08. The van der Waals surface area contributed by atoms with Gasteiger partial charge in [-0.15, -0.1) is 0 Å². The zero-order valence-corrected chi connectivity index (χ0v) is 37.9. The Bertz CT molecular complexity index is 4040. The number of nitrogens with zero attached hydrogens (tertiary/aromatic N) is 12. The number of fused-ring (bicyclic) bond motifs is 9. The molecule has 2 aliphatic rings. The number of para-hydroxylation sites is 3. The minimum Gasteiger partial charge on any atom is -0.333 e. The van der Waals surface area contributed by atoms with Crippen LogP contribution in [0.2, 0.25) is 0 Å². The van der Waals surface area contributed by atoms with Crippen molar-refractivity contribution in [2.75, 3.05) is 9.80 Å². The molecule has 14 rings (SSSR count). The molecule has 0 saturated carbocycles. The molecule has 1 aliphatic carbocycles. The molecule has 12 aromatic rings. The molecule has 0 amide bonds. The monoisotopic (exact) mass is 894 g/mol. The number of aryl methyl sites for hydroxylation is 3. The van der Waals surface area contributed by atoms with Crippen molar-refractivity contribution in [3.05, 3.63) is 194 Å². The van der Waals surface area contributed by atoms with Gasteiger partial charge in [0.2, 0.25) is 0 Å². The molecular formula is C57H42N12. The zero-order valence-electron chi connectivity index (χ0n) is 37.9. The van der Waals surface area contributed by atoms with Crippen molar-refractivity contribution in [1.29, 1.82) is 0 Å². The van der Waals surface area contributed by atoms with Crippen LogP contribution in [-0.4, -0.2) is 55.6 Å². The Labute approximate surface area is 395 Å². The van der Waals surface area contributed by atoms with Crippen LogP contribution in [0.3, 0.4) is 0 Å². The van der Waals surface area contributed by atoms with Gasteiger partial charge in [0.1, 0.15) is 33.1 Å². The van der Waals surface area contributed by atoms with E-state index in [1.165, 1.54) is 33.1 Å². The van der Waals surface area contributed by atoms with Crippen LogP contribution in [0.1, 0.15) is 11.5 Å². The third-order valence-electron chi connectivity index (χ3n) is 13.9. The van der Waals surface area contributed by atoms with Crippen LogP contribution in [0, 0.1) is 0 Å². The first-order chi connectivity index (χ1) is 33.9. The summed E-state index contributed by atoms with van der Waals surface area (Å²) in [6.45, 7) is 0. The summed E-state index contributed by atoms with van der Waals surface area (Å²) in [5.41, 5.74) is 18.2. The first-order valence-corrected chi connectivity index (χ1v) is 23.2. The summed E-state index contributed by atoms with van der Waals surface area (Å²) in [6.07, 6.45) is 8.94. The molecule has 0 fully saturated rings. The first-order valence-electron chi connectivity index (χ1n) is 23.2. The Morgan fingerprint density at radius 2 is 0.942 bits per heavy atom. The van der Waals surface area contributed by atoms with E-state index in [1.807, 2.05) is 33.3 Å². The second-order valence-electron chi connectivity index (χ2n) is 17.9. The van der Waals surface area contributed by atoms with Gasteiger partial charge < -0.3 is 14.4 Å². The first kappa shape index (κ1) is 39.0. The fraction of sp³-hybridized carbons (Fsp3) is 0.0877. The summed E-state index contributed by atoms with van der Waals surface area (Å²) in [5, 5.41) is 32.3. The average molecular weight is 895 g/mol. The van der Waals surface area contributed by atoms with Crippen LogP contribution >= 0.6 is 0 Å². The summed E-state index contributed by atoms with van der Waals surface area (Å²) >= 11 is 0. The second-order valence-corrected chi connectivity index (χ2v) is 17.9. The van der Waals surface area contributed by atoms with Gasteiger partial charge in [-0.3, -0.25) is 0 Å². The van der Waals surface area contributed by atoms with Gasteiger partial charge >= 0.3 is 0 Å². The highest BCUT2D eigenvalue weighted by Crippen LogP contribution is 2.49. The molecule has 5 heterocycles. The molecule has 12 heteroatoms. The number of aromatic nitrogens is 10.